The molecule has 1 saturated carbocycles. The molecule has 0 saturated heterocycles. The maximum absolute atomic E-state index is 13.5. The van der Waals surface area contributed by atoms with Crippen molar-refractivity contribution in [3.63, 3.8) is 0 Å². The van der Waals surface area contributed by atoms with Gasteiger partial charge in [0.25, 0.3) is 20.2 Å². The monoisotopic (exact) mass is 753 g/mol. The van der Waals surface area contributed by atoms with Gasteiger partial charge in [-0.1, -0.05) is 60.7 Å². The third kappa shape index (κ3) is 14.0. The molecule has 1 aliphatic rings. The number of hydrogen-bond donors (Lipinski definition) is 5. The van der Waals surface area contributed by atoms with E-state index in [1.54, 1.807) is 71.3 Å². The van der Waals surface area contributed by atoms with Gasteiger partial charge < -0.3 is 25.4 Å². The summed E-state index contributed by atoms with van der Waals surface area (Å²) in [5.74, 6) is -15.0. The first-order valence-corrected chi connectivity index (χ1v) is 18.4. The van der Waals surface area contributed by atoms with Gasteiger partial charge in [-0.3, -0.25) is 33.1 Å². The smallest absolute Gasteiger partial charge is 0.375 e. The molecule has 1 fully saturated rings. The van der Waals surface area contributed by atoms with E-state index in [4.69, 9.17) is 18.6 Å². The lowest BCUT2D eigenvalue weighted by Crippen LogP contribution is -2.52. The van der Waals surface area contributed by atoms with Crippen LogP contribution in [0.1, 0.15) is 36.8 Å². The van der Waals surface area contributed by atoms with Crippen LogP contribution in [0.3, 0.4) is 0 Å². The van der Waals surface area contributed by atoms with Crippen LogP contribution in [-0.2, 0) is 76.5 Å². The van der Waals surface area contributed by atoms with Gasteiger partial charge in [-0.2, -0.15) is 16.8 Å². The van der Waals surface area contributed by atoms with Crippen LogP contribution in [-0.4, -0.2) is 85.0 Å². The van der Waals surface area contributed by atoms with Crippen molar-refractivity contribution in [2.24, 2.45) is 17.8 Å². The Bertz CT molecular complexity index is 1760. The van der Waals surface area contributed by atoms with Crippen molar-refractivity contribution < 1.29 is 69.0 Å². The molecule has 51 heavy (non-hydrogen) atoms. The zero-order valence-electron chi connectivity index (χ0n) is 26.8. The molecule has 18 nitrogen and oxygen atoms in total. The molecule has 4 atom stereocenters. The quantitative estimate of drug-likeness (QED) is 0.0769. The molecule has 0 heterocycles. The standard InChI is InChI=1S/C31H35N3O15S2/c35-25(32-17-50(42,43)44)14-24(29(39)33-18-51(45,46)47)34-28(38)23-12-21(26(36)30(40)48-15-19-7-3-1-4-8-19)11-22(13-23)27(37)31(41)49-16-20-9-5-2-6-10-20/h1-10,21-24H,11-18H2,(H,32,35)(H,33,39)(H,34,38)(H,42,43,44)(H,45,46,47)/t21-,22+,23-,24?. The Labute approximate surface area is 292 Å². The van der Waals surface area contributed by atoms with Crippen LogP contribution in [0.5, 0.6) is 0 Å². The number of ketones is 2. The minimum absolute atomic E-state index is 0.268. The van der Waals surface area contributed by atoms with Gasteiger partial charge in [-0.15, -0.1) is 0 Å². The van der Waals surface area contributed by atoms with E-state index in [9.17, 15) is 50.4 Å². The number of rotatable bonds is 17. The minimum atomic E-state index is -4.78. The van der Waals surface area contributed by atoms with Crippen LogP contribution in [0.2, 0.25) is 0 Å². The summed E-state index contributed by atoms with van der Waals surface area (Å²) in [6.45, 7) is -0.535. The molecule has 2 aromatic rings. The highest BCUT2D eigenvalue weighted by molar-refractivity contribution is 7.86. The minimum Gasteiger partial charge on any atom is -0.455 e. The molecule has 3 rings (SSSR count). The zero-order chi connectivity index (χ0) is 37.8. The Morgan fingerprint density at radius 2 is 1.06 bits per heavy atom. The molecule has 3 amide bonds. The molecular weight excluding hydrogens is 718 g/mol. The number of carbonyl (C=O) groups excluding carboxylic acids is 7. The van der Waals surface area contributed by atoms with E-state index >= 15 is 0 Å². The second kappa shape index (κ2) is 18.3. The largest absolute Gasteiger partial charge is 0.455 e. The van der Waals surface area contributed by atoms with E-state index in [1.807, 2.05) is 0 Å². The fourth-order valence-electron chi connectivity index (χ4n) is 5.10. The summed E-state index contributed by atoms with van der Waals surface area (Å²) in [6.07, 6.45) is -2.13. The normalized spacial score (nSPS) is 18.0. The van der Waals surface area contributed by atoms with Crippen molar-refractivity contribution in [3.05, 3.63) is 71.8 Å². The van der Waals surface area contributed by atoms with Gasteiger partial charge in [0, 0.05) is 17.8 Å². The van der Waals surface area contributed by atoms with E-state index in [-0.39, 0.29) is 32.5 Å². The Morgan fingerprint density at radius 3 is 1.49 bits per heavy atom. The fourth-order valence-corrected chi connectivity index (χ4v) is 5.76. The van der Waals surface area contributed by atoms with Crippen molar-refractivity contribution in [2.45, 2.75) is 44.9 Å². The van der Waals surface area contributed by atoms with Crippen LogP contribution >= 0.6 is 0 Å². The third-order valence-electron chi connectivity index (χ3n) is 7.55. The van der Waals surface area contributed by atoms with Crippen molar-refractivity contribution in [3.8, 4) is 0 Å². The number of nitrogens with one attached hydrogen (secondary N) is 3. The lowest BCUT2D eigenvalue weighted by molar-refractivity contribution is -0.160. The van der Waals surface area contributed by atoms with Gasteiger partial charge >= 0.3 is 11.9 Å². The molecule has 276 valence electrons. The molecule has 2 aromatic carbocycles. The number of carbonyl (C=O) groups is 7. The summed E-state index contributed by atoms with van der Waals surface area (Å²) >= 11 is 0. The van der Waals surface area contributed by atoms with Gasteiger partial charge in [0.1, 0.15) is 31.0 Å². The molecule has 20 heteroatoms. The second-order valence-electron chi connectivity index (χ2n) is 11.5. The number of esters is 2. The predicted molar refractivity (Wildman–Crippen MR) is 172 cm³/mol. The SMILES string of the molecule is O=C(CC(NC(=O)[C@H]1C[C@@H](C(=O)C(=O)OCc2ccccc2)C[C@@H](C(=O)C(=O)OCc2ccccc2)C1)C(=O)NCS(=O)(=O)O)NCS(=O)(=O)O. The molecule has 5 N–H and O–H groups in total. The first-order chi connectivity index (χ1) is 23.9. The number of benzene rings is 2. The summed E-state index contributed by atoms with van der Waals surface area (Å²) in [4.78, 5) is 90.6. The van der Waals surface area contributed by atoms with Crippen LogP contribution in [0, 0.1) is 17.8 Å². The number of amides is 3. The zero-order valence-corrected chi connectivity index (χ0v) is 28.4. The first kappa shape index (κ1) is 40.4. The molecule has 1 aliphatic carbocycles. The van der Waals surface area contributed by atoms with Crippen molar-refractivity contribution >= 4 is 61.5 Å². The molecule has 0 aromatic heterocycles. The van der Waals surface area contributed by atoms with E-state index in [0.717, 1.165) is 0 Å². The second-order valence-corrected chi connectivity index (χ2v) is 14.4. The molecule has 0 aliphatic heterocycles. The number of hydrogen-bond acceptors (Lipinski definition) is 13. The summed E-state index contributed by atoms with van der Waals surface area (Å²) in [5, 5.41) is 5.73. The van der Waals surface area contributed by atoms with Crippen molar-refractivity contribution in [1.82, 2.24) is 16.0 Å². The van der Waals surface area contributed by atoms with Crippen LogP contribution < -0.4 is 16.0 Å². The number of ether oxygens (including phenoxy) is 2. The first-order valence-electron chi connectivity index (χ1n) is 15.2. The summed E-state index contributed by atoms with van der Waals surface area (Å²) < 4.78 is 72.5. The Balaban J connectivity index is 1.82. The summed E-state index contributed by atoms with van der Waals surface area (Å²) in [5.41, 5.74) is 1.13. The van der Waals surface area contributed by atoms with Crippen molar-refractivity contribution in [1.29, 1.82) is 0 Å². The van der Waals surface area contributed by atoms with E-state index in [1.165, 1.54) is 0 Å². The lowest BCUT2D eigenvalue weighted by Gasteiger charge is -2.32. The Morgan fingerprint density at radius 1 is 0.647 bits per heavy atom. The average Bonchev–Trinajstić information content (AvgIpc) is 3.10. The maximum Gasteiger partial charge on any atom is 0.375 e. The lowest BCUT2D eigenvalue weighted by atomic mass is 9.71. The molecule has 0 spiro atoms. The Hall–Kier alpha value is -5.05. The highest BCUT2D eigenvalue weighted by Crippen LogP contribution is 2.35. The van der Waals surface area contributed by atoms with E-state index < -0.39 is 103 Å². The molecule has 0 bridgehead atoms. The molecule has 1 unspecified atom stereocenters. The number of Topliss-reactive ketones (excluding diaryl/α,β-unsaturated/α-hetero) is 2. The van der Waals surface area contributed by atoms with Gasteiger partial charge in [-0.25, -0.2) is 9.59 Å². The topological polar surface area (TPSA) is 283 Å². The van der Waals surface area contributed by atoms with Gasteiger partial charge in [0.15, 0.2) is 0 Å². The van der Waals surface area contributed by atoms with E-state index in [0.29, 0.717) is 11.1 Å². The predicted octanol–water partition coefficient (Wildman–Crippen LogP) is -0.558. The van der Waals surface area contributed by atoms with Crippen LogP contribution in [0.15, 0.2) is 60.7 Å². The summed E-state index contributed by atoms with van der Waals surface area (Å²) in [7, 11) is -9.47. The van der Waals surface area contributed by atoms with Gasteiger partial charge in [-0.05, 0) is 30.4 Å². The highest BCUT2D eigenvalue weighted by atomic mass is 32.2. The summed E-state index contributed by atoms with van der Waals surface area (Å²) in [6, 6.07) is 14.8. The van der Waals surface area contributed by atoms with Crippen LogP contribution in [0.4, 0.5) is 0 Å². The average molecular weight is 754 g/mol. The molecular formula is C31H35N3O15S2. The fraction of sp³-hybridized carbons (Fsp3) is 0.387. The van der Waals surface area contributed by atoms with Crippen LogP contribution in [0.25, 0.3) is 0 Å². The van der Waals surface area contributed by atoms with Gasteiger partial charge in [0.2, 0.25) is 29.3 Å². The van der Waals surface area contributed by atoms with Gasteiger partial charge in [0.05, 0.1) is 6.42 Å². The molecule has 0 radical (unpaired) electrons. The van der Waals surface area contributed by atoms with E-state index in [2.05, 4.69) is 5.32 Å². The van der Waals surface area contributed by atoms with Crippen molar-refractivity contribution in [2.75, 3.05) is 11.8 Å². The third-order valence-corrected chi connectivity index (χ3v) is 8.57. The maximum atomic E-state index is 13.5. The Kier molecular flexibility index (Phi) is 14.5. The highest BCUT2D eigenvalue weighted by Gasteiger charge is 2.43.